The second-order valence-corrected chi connectivity index (χ2v) is 5.06. The molecule has 0 bridgehead atoms. The maximum Gasteiger partial charge on any atom is 0.123 e. The summed E-state index contributed by atoms with van der Waals surface area (Å²) in [5.74, 6) is -0.205. The molecule has 19 heavy (non-hydrogen) atoms. The molecule has 0 aliphatic rings. The molecule has 1 N–H and O–H groups in total. The highest BCUT2D eigenvalue weighted by atomic mass is 19.1. The van der Waals surface area contributed by atoms with Crippen LogP contribution in [-0.2, 0) is 6.54 Å². The lowest BCUT2D eigenvalue weighted by Gasteiger charge is -2.10. The zero-order valence-electron chi connectivity index (χ0n) is 11.9. The average Bonchev–Trinajstić information content (AvgIpc) is 2.65. The van der Waals surface area contributed by atoms with Gasteiger partial charge in [0.2, 0.25) is 0 Å². The fraction of sp³-hybridized carbons (Fsp3) is 0.400. The summed E-state index contributed by atoms with van der Waals surface area (Å²) in [6.07, 6.45) is 0. The first-order valence-electron chi connectivity index (χ1n) is 6.53. The molecule has 102 valence electrons. The van der Waals surface area contributed by atoms with Crippen LogP contribution in [0.1, 0.15) is 36.8 Å². The van der Waals surface area contributed by atoms with Crippen molar-refractivity contribution in [2.45, 2.75) is 40.3 Å². The van der Waals surface area contributed by atoms with Gasteiger partial charge in [-0.05, 0) is 45.4 Å². The lowest BCUT2D eigenvalue weighted by molar-refractivity contribution is 0.516. The topological polar surface area (TPSA) is 29.9 Å². The number of anilines is 1. The highest BCUT2D eigenvalue weighted by molar-refractivity contribution is 5.52. The van der Waals surface area contributed by atoms with Crippen LogP contribution >= 0.6 is 0 Å². The third-order valence-corrected chi connectivity index (χ3v) is 3.20. The van der Waals surface area contributed by atoms with E-state index in [2.05, 4.69) is 31.2 Å². The summed E-state index contributed by atoms with van der Waals surface area (Å²) in [7, 11) is 0. The van der Waals surface area contributed by atoms with Crippen molar-refractivity contribution >= 4 is 5.69 Å². The van der Waals surface area contributed by atoms with Crippen molar-refractivity contribution in [2.75, 3.05) is 5.32 Å². The molecule has 0 amide bonds. The molecular formula is C15H20FN3. The Morgan fingerprint density at radius 3 is 2.37 bits per heavy atom. The Bertz CT molecular complexity index is 556. The predicted octanol–water partition coefficient (Wildman–Crippen LogP) is 3.83. The Morgan fingerprint density at radius 2 is 1.84 bits per heavy atom. The van der Waals surface area contributed by atoms with Crippen LogP contribution in [0.4, 0.5) is 10.1 Å². The third kappa shape index (κ3) is 2.95. The summed E-state index contributed by atoms with van der Waals surface area (Å²) in [4.78, 5) is 0. The Labute approximate surface area is 113 Å². The van der Waals surface area contributed by atoms with E-state index in [0.717, 1.165) is 22.6 Å². The molecule has 0 spiro atoms. The molecule has 0 radical (unpaired) electrons. The van der Waals surface area contributed by atoms with Crippen LogP contribution in [0, 0.1) is 19.7 Å². The van der Waals surface area contributed by atoms with Gasteiger partial charge in [-0.2, -0.15) is 5.10 Å². The Kier molecular flexibility index (Phi) is 3.88. The molecule has 0 saturated heterocycles. The van der Waals surface area contributed by atoms with Crippen LogP contribution < -0.4 is 5.32 Å². The second-order valence-electron chi connectivity index (χ2n) is 5.06. The number of nitrogens with zero attached hydrogens (tertiary/aromatic N) is 2. The van der Waals surface area contributed by atoms with Gasteiger partial charge in [0.1, 0.15) is 5.82 Å². The summed E-state index contributed by atoms with van der Waals surface area (Å²) in [6.45, 7) is 8.96. The van der Waals surface area contributed by atoms with Crippen molar-refractivity contribution < 1.29 is 4.39 Å². The molecule has 1 aromatic heterocycles. The number of halogens is 1. The van der Waals surface area contributed by atoms with Crippen molar-refractivity contribution in [3.05, 3.63) is 47.0 Å². The standard InChI is InChI=1S/C15H20FN3/c1-10(2)19-12(4)15(11(3)18-19)17-9-13-5-7-14(16)8-6-13/h5-8,10,17H,9H2,1-4H3. The number of benzene rings is 1. The van der Waals surface area contributed by atoms with Gasteiger partial charge in [0.05, 0.1) is 17.1 Å². The maximum absolute atomic E-state index is 12.8. The minimum Gasteiger partial charge on any atom is -0.378 e. The fourth-order valence-corrected chi connectivity index (χ4v) is 2.21. The fourth-order valence-electron chi connectivity index (χ4n) is 2.21. The number of aromatic nitrogens is 2. The van der Waals surface area contributed by atoms with Crippen LogP contribution in [0.2, 0.25) is 0 Å². The summed E-state index contributed by atoms with van der Waals surface area (Å²) in [5.41, 5.74) is 4.25. The molecule has 0 aliphatic carbocycles. The molecule has 1 heterocycles. The van der Waals surface area contributed by atoms with Gasteiger partial charge in [-0.25, -0.2) is 4.39 Å². The van der Waals surface area contributed by atoms with E-state index in [1.165, 1.54) is 12.1 Å². The molecule has 1 aromatic carbocycles. The number of aryl methyl sites for hydroxylation is 1. The smallest absolute Gasteiger partial charge is 0.123 e. The van der Waals surface area contributed by atoms with Gasteiger partial charge in [-0.3, -0.25) is 4.68 Å². The van der Waals surface area contributed by atoms with Gasteiger partial charge in [0, 0.05) is 12.6 Å². The molecule has 0 aliphatic heterocycles. The Hall–Kier alpha value is -1.84. The van der Waals surface area contributed by atoms with Gasteiger partial charge in [0.25, 0.3) is 0 Å². The number of hydrogen-bond acceptors (Lipinski definition) is 2. The van der Waals surface area contributed by atoms with Crippen molar-refractivity contribution in [1.82, 2.24) is 9.78 Å². The van der Waals surface area contributed by atoms with Crippen LogP contribution in [-0.4, -0.2) is 9.78 Å². The minimum absolute atomic E-state index is 0.205. The van der Waals surface area contributed by atoms with Gasteiger partial charge in [-0.1, -0.05) is 12.1 Å². The second kappa shape index (κ2) is 5.43. The number of rotatable bonds is 4. The van der Waals surface area contributed by atoms with Gasteiger partial charge in [0.15, 0.2) is 0 Å². The zero-order chi connectivity index (χ0) is 14.0. The highest BCUT2D eigenvalue weighted by Crippen LogP contribution is 2.23. The molecule has 0 saturated carbocycles. The van der Waals surface area contributed by atoms with Gasteiger partial charge in [-0.15, -0.1) is 0 Å². The SMILES string of the molecule is Cc1nn(C(C)C)c(C)c1NCc1ccc(F)cc1. The lowest BCUT2D eigenvalue weighted by Crippen LogP contribution is -2.06. The quantitative estimate of drug-likeness (QED) is 0.906. The predicted molar refractivity (Wildman–Crippen MR) is 75.8 cm³/mol. The molecule has 0 fully saturated rings. The Balaban J connectivity index is 2.13. The van der Waals surface area contributed by atoms with Crippen molar-refractivity contribution in [2.24, 2.45) is 0 Å². The van der Waals surface area contributed by atoms with E-state index >= 15 is 0 Å². The first-order chi connectivity index (χ1) is 8.99. The highest BCUT2D eigenvalue weighted by Gasteiger charge is 2.12. The molecule has 2 rings (SSSR count). The van der Waals surface area contributed by atoms with E-state index in [1.807, 2.05) is 11.6 Å². The van der Waals surface area contributed by atoms with Crippen LogP contribution in [0.5, 0.6) is 0 Å². The molecular weight excluding hydrogens is 241 g/mol. The van der Waals surface area contributed by atoms with E-state index < -0.39 is 0 Å². The summed E-state index contributed by atoms with van der Waals surface area (Å²) in [5, 5.41) is 7.92. The first-order valence-corrected chi connectivity index (χ1v) is 6.53. The van der Waals surface area contributed by atoms with E-state index in [-0.39, 0.29) is 5.82 Å². The van der Waals surface area contributed by atoms with Gasteiger partial charge < -0.3 is 5.32 Å². The third-order valence-electron chi connectivity index (χ3n) is 3.20. The van der Waals surface area contributed by atoms with E-state index in [1.54, 1.807) is 12.1 Å². The number of hydrogen-bond donors (Lipinski definition) is 1. The van der Waals surface area contributed by atoms with Crippen LogP contribution in [0.3, 0.4) is 0 Å². The Morgan fingerprint density at radius 1 is 1.21 bits per heavy atom. The zero-order valence-corrected chi connectivity index (χ0v) is 11.9. The van der Waals surface area contributed by atoms with Crippen molar-refractivity contribution in [3.63, 3.8) is 0 Å². The summed E-state index contributed by atoms with van der Waals surface area (Å²) < 4.78 is 14.9. The lowest BCUT2D eigenvalue weighted by atomic mass is 10.2. The summed E-state index contributed by atoms with van der Waals surface area (Å²) in [6, 6.07) is 6.89. The maximum atomic E-state index is 12.8. The summed E-state index contributed by atoms with van der Waals surface area (Å²) >= 11 is 0. The normalized spacial score (nSPS) is 11.1. The van der Waals surface area contributed by atoms with Crippen LogP contribution in [0.15, 0.2) is 24.3 Å². The molecule has 2 aromatic rings. The van der Waals surface area contributed by atoms with Gasteiger partial charge >= 0.3 is 0 Å². The van der Waals surface area contributed by atoms with Crippen molar-refractivity contribution in [1.29, 1.82) is 0 Å². The monoisotopic (exact) mass is 261 g/mol. The minimum atomic E-state index is -0.205. The average molecular weight is 261 g/mol. The van der Waals surface area contributed by atoms with Crippen LogP contribution in [0.25, 0.3) is 0 Å². The largest absolute Gasteiger partial charge is 0.378 e. The van der Waals surface area contributed by atoms with E-state index in [0.29, 0.717) is 12.6 Å². The van der Waals surface area contributed by atoms with Crippen molar-refractivity contribution in [3.8, 4) is 0 Å². The molecule has 3 nitrogen and oxygen atoms in total. The molecule has 0 unspecified atom stereocenters. The number of nitrogens with one attached hydrogen (secondary N) is 1. The van der Waals surface area contributed by atoms with E-state index in [4.69, 9.17) is 0 Å². The van der Waals surface area contributed by atoms with E-state index in [9.17, 15) is 4.39 Å². The molecule has 4 heteroatoms. The first kappa shape index (κ1) is 13.6. The molecule has 0 atom stereocenters.